The zero-order chi connectivity index (χ0) is 25.5. The van der Waals surface area contributed by atoms with Crippen LogP contribution in [0.1, 0.15) is 61.6 Å². The molecule has 0 amide bonds. The fraction of sp³-hybridized carbons (Fsp3) is 0.290. The van der Waals surface area contributed by atoms with E-state index in [-0.39, 0.29) is 12.4 Å². The van der Waals surface area contributed by atoms with Crippen LogP contribution < -0.4 is 9.47 Å². The highest BCUT2D eigenvalue weighted by atomic mass is 32.1. The molecule has 4 nitrogen and oxygen atoms in total. The predicted octanol–water partition coefficient (Wildman–Crippen LogP) is 8.73. The molecule has 0 aliphatic heterocycles. The van der Waals surface area contributed by atoms with E-state index in [1.807, 2.05) is 31.2 Å². The lowest BCUT2D eigenvalue weighted by molar-refractivity contribution is 0.269. The largest absolute Gasteiger partial charge is 0.490 e. The topological polar surface area (TPSA) is 43.7 Å². The van der Waals surface area contributed by atoms with Crippen molar-refractivity contribution >= 4 is 22.7 Å². The molecule has 1 fully saturated rings. The number of thiazole rings is 1. The quantitative estimate of drug-likeness (QED) is 0.210. The van der Waals surface area contributed by atoms with E-state index in [9.17, 15) is 4.39 Å². The van der Waals surface area contributed by atoms with E-state index in [1.54, 1.807) is 12.3 Å². The van der Waals surface area contributed by atoms with Gasteiger partial charge in [-0.1, -0.05) is 55.7 Å². The summed E-state index contributed by atoms with van der Waals surface area (Å²) in [5, 5.41) is 2.76. The smallest absolute Gasteiger partial charge is 0.209 e. The van der Waals surface area contributed by atoms with E-state index >= 15 is 0 Å². The summed E-state index contributed by atoms with van der Waals surface area (Å²) in [6, 6.07) is 21.0. The fourth-order valence-corrected chi connectivity index (χ4v) is 5.40. The highest BCUT2D eigenvalue weighted by molar-refractivity contribution is 7.13. The van der Waals surface area contributed by atoms with E-state index in [1.165, 1.54) is 61.1 Å². The minimum atomic E-state index is -0.278. The first-order chi connectivity index (χ1) is 18.2. The van der Waals surface area contributed by atoms with Crippen molar-refractivity contribution in [1.82, 2.24) is 4.98 Å². The fourth-order valence-electron chi connectivity index (χ4n) is 4.73. The van der Waals surface area contributed by atoms with Crippen LogP contribution in [0, 0.1) is 5.82 Å². The number of benzene rings is 3. The van der Waals surface area contributed by atoms with Gasteiger partial charge in [-0.2, -0.15) is 0 Å². The molecule has 1 aliphatic rings. The van der Waals surface area contributed by atoms with Crippen molar-refractivity contribution in [3.63, 3.8) is 0 Å². The number of halogens is 1. The van der Waals surface area contributed by atoms with Crippen molar-refractivity contribution in [2.45, 2.75) is 51.6 Å². The van der Waals surface area contributed by atoms with Gasteiger partial charge in [0.2, 0.25) is 5.13 Å². The number of hydrogen-bond donors (Lipinski definition) is 0. The summed E-state index contributed by atoms with van der Waals surface area (Å²) in [4.78, 5) is 9.31. The Morgan fingerprint density at radius 1 is 0.973 bits per heavy atom. The summed E-state index contributed by atoms with van der Waals surface area (Å²) in [6.45, 7) is 2.69. The highest BCUT2D eigenvalue weighted by Gasteiger charge is 2.15. The van der Waals surface area contributed by atoms with Crippen LogP contribution in [0.5, 0.6) is 11.5 Å². The molecule has 37 heavy (non-hydrogen) atoms. The second-order valence-corrected chi connectivity index (χ2v) is 10.1. The van der Waals surface area contributed by atoms with Gasteiger partial charge in [0.25, 0.3) is 0 Å². The van der Waals surface area contributed by atoms with Gasteiger partial charge in [-0.25, -0.2) is 14.4 Å². The van der Waals surface area contributed by atoms with Gasteiger partial charge >= 0.3 is 0 Å². The first kappa shape index (κ1) is 25.2. The second kappa shape index (κ2) is 12.2. The Hall–Kier alpha value is -3.51. The van der Waals surface area contributed by atoms with Crippen LogP contribution in [0.3, 0.4) is 0 Å². The molecule has 0 unspecified atom stereocenters. The third-order valence-electron chi connectivity index (χ3n) is 6.65. The predicted molar refractivity (Wildman–Crippen MR) is 149 cm³/mol. The van der Waals surface area contributed by atoms with E-state index in [4.69, 9.17) is 14.5 Å². The van der Waals surface area contributed by atoms with Gasteiger partial charge in [0.15, 0.2) is 11.5 Å². The number of nitrogens with zero attached hydrogens (tertiary/aromatic N) is 2. The number of rotatable bonds is 9. The third kappa shape index (κ3) is 6.63. The van der Waals surface area contributed by atoms with Crippen LogP contribution >= 0.6 is 11.3 Å². The summed E-state index contributed by atoms with van der Waals surface area (Å²) >= 11 is 1.52. The summed E-state index contributed by atoms with van der Waals surface area (Å²) in [5.41, 5.74) is 5.16. The first-order valence-electron chi connectivity index (χ1n) is 12.9. The van der Waals surface area contributed by atoms with Gasteiger partial charge in [-0.05, 0) is 72.7 Å². The van der Waals surface area contributed by atoms with E-state index in [2.05, 4.69) is 34.6 Å². The SMILES string of the molecule is CCOc1cc(C=Nc2nc(-c3ccc(C4CCCCC4)cc3)cs2)ccc1OCc1cccc(F)c1. The number of aliphatic imine (C=N–C) groups is 1. The molecular formula is C31H31FN2O2S. The zero-order valence-corrected chi connectivity index (χ0v) is 21.8. The van der Waals surface area contributed by atoms with Gasteiger partial charge in [-0.3, -0.25) is 0 Å². The Balaban J connectivity index is 1.25. The van der Waals surface area contributed by atoms with E-state index < -0.39 is 0 Å². The summed E-state index contributed by atoms with van der Waals surface area (Å²) in [7, 11) is 0. The summed E-state index contributed by atoms with van der Waals surface area (Å²) < 4.78 is 25.1. The van der Waals surface area contributed by atoms with Gasteiger partial charge in [-0.15, -0.1) is 11.3 Å². The lowest BCUT2D eigenvalue weighted by atomic mass is 9.84. The number of ether oxygens (including phenoxy) is 2. The van der Waals surface area contributed by atoms with Gasteiger partial charge in [0.1, 0.15) is 12.4 Å². The number of aromatic nitrogens is 1. The Bertz CT molecular complexity index is 1340. The highest BCUT2D eigenvalue weighted by Crippen LogP contribution is 2.34. The maximum absolute atomic E-state index is 13.5. The first-order valence-corrected chi connectivity index (χ1v) is 13.8. The molecule has 1 aliphatic carbocycles. The molecule has 1 aromatic heterocycles. The molecule has 0 spiro atoms. The van der Waals surface area contributed by atoms with Gasteiger partial charge < -0.3 is 9.47 Å². The Morgan fingerprint density at radius 2 is 1.81 bits per heavy atom. The van der Waals surface area contributed by atoms with Gasteiger partial charge in [0, 0.05) is 17.2 Å². The van der Waals surface area contributed by atoms with E-state index in [0.29, 0.717) is 29.2 Å². The van der Waals surface area contributed by atoms with Gasteiger partial charge in [0.05, 0.1) is 12.3 Å². The standard InChI is InChI=1S/C31H31FN2O2S/c1-2-35-30-18-22(11-16-29(30)36-20-23-7-6-10-27(32)17-23)19-33-31-34-28(21-37-31)26-14-12-25(13-15-26)24-8-4-3-5-9-24/h6-7,10-19,21,24H,2-5,8-9,20H2,1H3. The molecule has 0 radical (unpaired) electrons. The number of hydrogen-bond acceptors (Lipinski definition) is 5. The minimum Gasteiger partial charge on any atom is -0.490 e. The molecule has 190 valence electrons. The summed E-state index contributed by atoms with van der Waals surface area (Å²) in [6.07, 6.45) is 8.46. The zero-order valence-electron chi connectivity index (χ0n) is 21.0. The molecule has 4 aromatic rings. The second-order valence-electron chi connectivity index (χ2n) is 9.29. The van der Waals surface area contributed by atoms with Crippen LogP contribution in [-0.2, 0) is 6.61 Å². The lowest BCUT2D eigenvalue weighted by Gasteiger charge is -2.22. The Kier molecular flexibility index (Phi) is 8.26. The molecule has 0 bridgehead atoms. The van der Waals surface area contributed by atoms with Crippen molar-refractivity contribution < 1.29 is 13.9 Å². The molecule has 1 heterocycles. The Labute approximate surface area is 221 Å². The molecule has 0 saturated heterocycles. The molecular weight excluding hydrogens is 483 g/mol. The van der Waals surface area contributed by atoms with Crippen LogP contribution in [0.4, 0.5) is 9.52 Å². The van der Waals surface area contributed by atoms with Crippen LogP contribution in [0.15, 0.2) is 77.1 Å². The van der Waals surface area contributed by atoms with Crippen molar-refractivity contribution in [2.24, 2.45) is 4.99 Å². The molecule has 3 aromatic carbocycles. The monoisotopic (exact) mass is 514 g/mol. The van der Waals surface area contributed by atoms with E-state index in [0.717, 1.165) is 22.4 Å². The molecule has 0 N–H and O–H groups in total. The molecule has 0 atom stereocenters. The van der Waals surface area contributed by atoms with Crippen molar-refractivity contribution in [2.75, 3.05) is 6.61 Å². The van der Waals surface area contributed by atoms with Crippen LogP contribution in [-0.4, -0.2) is 17.8 Å². The van der Waals surface area contributed by atoms with Crippen molar-refractivity contribution in [3.05, 3.63) is 94.6 Å². The van der Waals surface area contributed by atoms with Crippen molar-refractivity contribution in [3.8, 4) is 22.8 Å². The van der Waals surface area contributed by atoms with Crippen molar-refractivity contribution in [1.29, 1.82) is 0 Å². The molecule has 1 saturated carbocycles. The Morgan fingerprint density at radius 3 is 2.59 bits per heavy atom. The van der Waals surface area contributed by atoms with Crippen LogP contribution in [0.2, 0.25) is 0 Å². The lowest BCUT2D eigenvalue weighted by Crippen LogP contribution is -2.04. The maximum atomic E-state index is 13.5. The van der Waals surface area contributed by atoms with Crippen LogP contribution in [0.25, 0.3) is 11.3 Å². The average Bonchev–Trinajstić information content (AvgIpc) is 3.41. The normalized spacial score (nSPS) is 14.2. The minimum absolute atomic E-state index is 0.259. The average molecular weight is 515 g/mol. The molecule has 6 heteroatoms. The molecule has 5 rings (SSSR count). The maximum Gasteiger partial charge on any atom is 0.209 e. The summed E-state index contributed by atoms with van der Waals surface area (Å²) in [5.74, 6) is 1.66. The third-order valence-corrected chi connectivity index (χ3v) is 7.40.